The van der Waals surface area contributed by atoms with Crippen molar-refractivity contribution in [2.75, 3.05) is 11.9 Å². The number of rotatable bonds is 6. The van der Waals surface area contributed by atoms with E-state index in [0.717, 1.165) is 5.56 Å². The molecule has 0 heterocycles. The highest BCUT2D eigenvalue weighted by atomic mass is 19.1. The van der Waals surface area contributed by atoms with E-state index in [0.29, 0.717) is 11.3 Å². The fourth-order valence-corrected chi connectivity index (χ4v) is 2.48. The van der Waals surface area contributed by atoms with E-state index < -0.39 is 0 Å². The third-order valence-corrected chi connectivity index (χ3v) is 3.65. The summed E-state index contributed by atoms with van der Waals surface area (Å²) in [4.78, 5) is 12.1. The van der Waals surface area contributed by atoms with Crippen molar-refractivity contribution in [3.63, 3.8) is 0 Å². The third-order valence-electron chi connectivity index (χ3n) is 3.65. The van der Waals surface area contributed by atoms with Gasteiger partial charge in [-0.3, -0.25) is 4.79 Å². The molecule has 0 spiro atoms. The van der Waals surface area contributed by atoms with E-state index in [9.17, 15) is 9.18 Å². The molecule has 0 saturated carbocycles. The molecule has 0 saturated heterocycles. The van der Waals surface area contributed by atoms with E-state index >= 15 is 0 Å². The van der Waals surface area contributed by atoms with E-state index in [1.807, 2.05) is 19.9 Å². The maximum Gasteiger partial charge on any atom is 0.238 e. The van der Waals surface area contributed by atoms with E-state index in [2.05, 4.69) is 10.6 Å². The Balaban J connectivity index is 1.97. The number of amides is 1. The normalized spacial score (nSPS) is 11.8. The number of nitrogens with one attached hydrogen (secondary N) is 2. The minimum absolute atomic E-state index is 0.0539. The molecule has 0 bridgehead atoms. The van der Waals surface area contributed by atoms with E-state index in [4.69, 9.17) is 5.26 Å². The quantitative estimate of drug-likeness (QED) is 0.852. The van der Waals surface area contributed by atoms with Gasteiger partial charge < -0.3 is 10.6 Å². The number of halogens is 1. The van der Waals surface area contributed by atoms with Crippen molar-refractivity contribution in [3.8, 4) is 6.07 Å². The summed E-state index contributed by atoms with van der Waals surface area (Å²) in [6.07, 6.45) is 0. The van der Waals surface area contributed by atoms with Crippen molar-refractivity contribution < 1.29 is 9.18 Å². The van der Waals surface area contributed by atoms with Crippen molar-refractivity contribution in [3.05, 3.63) is 65.5 Å². The molecular formula is C19H20FN3O. The summed E-state index contributed by atoms with van der Waals surface area (Å²) in [5.41, 5.74) is 2.02. The van der Waals surface area contributed by atoms with E-state index in [1.54, 1.807) is 36.4 Å². The minimum Gasteiger partial charge on any atom is -0.325 e. The molecular weight excluding hydrogens is 305 g/mol. The summed E-state index contributed by atoms with van der Waals surface area (Å²) < 4.78 is 13.1. The first-order valence-corrected chi connectivity index (χ1v) is 7.78. The van der Waals surface area contributed by atoms with Gasteiger partial charge in [0.15, 0.2) is 0 Å². The second-order valence-corrected chi connectivity index (χ2v) is 5.89. The number of carbonyl (C=O) groups excluding carboxylic acids is 1. The lowest BCUT2D eigenvalue weighted by atomic mass is 9.96. The molecule has 0 unspecified atom stereocenters. The Morgan fingerprint density at radius 1 is 1.21 bits per heavy atom. The van der Waals surface area contributed by atoms with Gasteiger partial charge in [0.05, 0.1) is 18.2 Å². The molecule has 0 aliphatic rings. The van der Waals surface area contributed by atoms with Crippen LogP contribution in [0.25, 0.3) is 0 Å². The Bertz CT molecular complexity index is 735. The van der Waals surface area contributed by atoms with Crippen LogP contribution in [-0.2, 0) is 4.79 Å². The van der Waals surface area contributed by atoms with Gasteiger partial charge in [0.1, 0.15) is 5.82 Å². The number of benzene rings is 2. The summed E-state index contributed by atoms with van der Waals surface area (Å²) in [6, 6.07) is 15.0. The SMILES string of the molecule is CC(C)[C@@H](NCC(=O)Nc1cccc(C#N)c1)c1ccc(F)cc1. The van der Waals surface area contributed by atoms with E-state index in [1.165, 1.54) is 12.1 Å². The lowest BCUT2D eigenvalue weighted by Crippen LogP contribution is -2.33. The summed E-state index contributed by atoms with van der Waals surface area (Å²) >= 11 is 0. The average Bonchev–Trinajstić information content (AvgIpc) is 2.56. The Morgan fingerprint density at radius 2 is 1.92 bits per heavy atom. The Kier molecular flexibility index (Phi) is 6.05. The van der Waals surface area contributed by atoms with Gasteiger partial charge in [-0.25, -0.2) is 4.39 Å². The van der Waals surface area contributed by atoms with Crippen LogP contribution >= 0.6 is 0 Å². The highest BCUT2D eigenvalue weighted by Crippen LogP contribution is 2.21. The fraction of sp³-hybridized carbons (Fsp3) is 0.263. The fourth-order valence-electron chi connectivity index (χ4n) is 2.48. The second kappa shape index (κ2) is 8.23. The minimum atomic E-state index is -0.281. The zero-order valence-electron chi connectivity index (χ0n) is 13.7. The van der Waals surface area contributed by atoms with Crippen LogP contribution in [0.2, 0.25) is 0 Å². The van der Waals surface area contributed by atoms with Crippen LogP contribution in [0, 0.1) is 23.1 Å². The Labute approximate surface area is 141 Å². The van der Waals surface area contributed by atoms with Crippen LogP contribution in [0.1, 0.15) is 31.0 Å². The zero-order chi connectivity index (χ0) is 17.5. The van der Waals surface area contributed by atoms with Gasteiger partial charge in [0, 0.05) is 11.7 Å². The standard InChI is InChI=1S/C19H20FN3O/c1-13(2)19(15-6-8-16(20)9-7-15)22-12-18(24)23-17-5-3-4-14(10-17)11-21/h3-10,13,19,22H,12H2,1-2H3,(H,23,24)/t19-/m1/s1. The van der Waals surface area contributed by atoms with Crippen LogP contribution in [0.5, 0.6) is 0 Å². The smallest absolute Gasteiger partial charge is 0.238 e. The highest BCUT2D eigenvalue weighted by Gasteiger charge is 2.16. The molecule has 0 aliphatic carbocycles. The number of hydrogen-bond acceptors (Lipinski definition) is 3. The number of nitriles is 1. The maximum atomic E-state index is 13.1. The number of carbonyl (C=O) groups is 1. The molecule has 0 aromatic heterocycles. The van der Waals surface area contributed by atoms with Crippen LogP contribution in [-0.4, -0.2) is 12.5 Å². The number of hydrogen-bond donors (Lipinski definition) is 2. The van der Waals surface area contributed by atoms with Gasteiger partial charge in [-0.2, -0.15) is 5.26 Å². The monoisotopic (exact) mass is 325 g/mol. The largest absolute Gasteiger partial charge is 0.325 e. The predicted octanol–water partition coefficient (Wildman–Crippen LogP) is 3.62. The molecule has 0 fully saturated rings. The topological polar surface area (TPSA) is 64.9 Å². The van der Waals surface area contributed by atoms with Crippen LogP contribution in [0.4, 0.5) is 10.1 Å². The molecule has 5 heteroatoms. The average molecular weight is 325 g/mol. The maximum absolute atomic E-state index is 13.1. The molecule has 0 aliphatic heterocycles. The molecule has 4 nitrogen and oxygen atoms in total. The molecule has 0 radical (unpaired) electrons. The van der Waals surface area contributed by atoms with Gasteiger partial charge in [-0.15, -0.1) is 0 Å². The Hall–Kier alpha value is -2.71. The van der Waals surface area contributed by atoms with Crippen LogP contribution in [0.3, 0.4) is 0 Å². The van der Waals surface area contributed by atoms with E-state index in [-0.39, 0.29) is 30.2 Å². The Morgan fingerprint density at radius 3 is 2.54 bits per heavy atom. The summed E-state index contributed by atoms with van der Waals surface area (Å²) in [5.74, 6) is -0.237. The van der Waals surface area contributed by atoms with Crippen molar-refractivity contribution in [1.29, 1.82) is 5.26 Å². The van der Waals surface area contributed by atoms with Crippen molar-refractivity contribution in [2.45, 2.75) is 19.9 Å². The third kappa shape index (κ3) is 4.90. The van der Waals surface area contributed by atoms with Crippen molar-refractivity contribution in [2.24, 2.45) is 5.92 Å². The van der Waals surface area contributed by atoms with Gasteiger partial charge >= 0.3 is 0 Å². The van der Waals surface area contributed by atoms with Gasteiger partial charge in [0.2, 0.25) is 5.91 Å². The van der Waals surface area contributed by atoms with Gasteiger partial charge in [0.25, 0.3) is 0 Å². The first-order chi connectivity index (χ1) is 11.5. The summed E-state index contributed by atoms with van der Waals surface area (Å²) in [7, 11) is 0. The van der Waals surface area contributed by atoms with Crippen molar-refractivity contribution in [1.82, 2.24) is 5.32 Å². The van der Waals surface area contributed by atoms with Crippen molar-refractivity contribution >= 4 is 11.6 Å². The van der Waals surface area contributed by atoms with Crippen LogP contribution in [0.15, 0.2) is 48.5 Å². The van der Waals surface area contributed by atoms with Crippen LogP contribution < -0.4 is 10.6 Å². The lowest BCUT2D eigenvalue weighted by Gasteiger charge is -2.22. The molecule has 1 atom stereocenters. The second-order valence-electron chi connectivity index (χ2n) is 5.89. The summed E-state index contributed by atoms with van der Waals surface area (Å²) in [6.45, 7) is 4.20. The number of nitrogens with zero attached hydrogens (tertiary/aromatic N) is 1. The lowest BCUT2D eigenvalue weighted by molar-refractivity contribution is -0.115. The molecule has 2 aromatic rings. The first kappa shape index (κ1) is 17.6. The van der Waals surface area contributed by atoms with Gasteiger partial charge in [-0.1, -0.05) is 32.0 Å². The zero-order valence-corrected chi connectivity index (χ0v) is 13.7. The highest BCUT2D eigenvalue weighted by molar-refractivity contribution is 5.92. The molecule has 2 rings (SSSR count). The molecule has 24 heavy (non-hydrogen) atoms. The molecule has 2 N–H and O–H groups in total. The molecule has 124 valence electrons. The first-order valence-electron chi connectivity index (χ1n) is 7.78. The number of anilines is 1. The molecule has 2 aromatic carbocycles. The van der Waals surface area contributed by atoms with Gasteiger partial charge in [-0.05, 0) is 41.8 Å². The summed E-state index contributed by atoms with van der Waals surface area (Å²) in [5, 5.41) is 14.8. The predicted molar refractivity (Wildman–Crippen MR) is 91.8 cm³/mol. The molecule has 1 amide bonds.